The number of nitrogens with zero attached hydrogens (tertiary/aromatic N) is 1. The van der Waals surface area contributed by atoms with Gasteiger partial charge in [-0.15, -0.1) is 0 Å². The molecule has 1 aromatic heterocycles. The Balaban J connectivity index is 2.76. The minimum atomic E-state index is -0.288. The summed E-state index contributed by atoms with van der Waals surface area (Å²) in [5.74, 6) is 0.199. The Kier molecular flexibility index (Phi) is 7.00. The molecule has 154 valence electrons. The molecule has 0 unspecified atom stereocenters. The summed E-state index contributed by atoms with van der Waals surface area (Å²) in [6, 6.07) is 3.66. The summed E-state index contributed by atoms with van der Waals surface area (Å²) in [4.78, 5) is 13.6. The standard InChI is InChI=1S/C22H28Br3NO2/c1-8-9-26-19(24)15(16(23)20(26)25)17(27)12-10-13(21(2,3)4)18(28)14(11-12)22(5,6)7/h10-11,28H,8-9H2,1-7H3. The third-order valence-electron chi connectivity index (χ3n) is 4.74. The van der Waals surface area contributed by atoms with Crippen molar-refractivity contribution in [1.29, 1.82) is 0 Å². The predicted molar refractivity (Wildman–Crippen MR) is 127 cm³/mol. The Bertz CT molecular complexity index is 880. The van der Waals surface area contributed by atoms with Gasteiger partial charge in [-0.05, 0) is 77.2 Å². The minimum absolute atomic E-state index is 0.0784. The third kappa shape index (κ3) is 4.44. The van der Waals surface area contributed by atoms with Gasteiger partial charge in [0.25, 0.3) is 0 Å². The predicted octanol–water partition coefficient (Wildman–Crippen LogP) is 7.72. The van der Waals surface area contributed by atoms with E-state index in [1.807, 2.05) is 58.2 Å². The molecule has 2 aromatic rings. The zero-order valence-electron chi connectivity index (χ0n) is 17.5. The van der Waals surface area contributed by atoms with Gasteiger partial charge in [-0.1, -0.05) is 48.5 Å². The van der Waals surface area contributed by atoms with Crippen molar-refractivity contribution in [3.63, 3.8) is 0 Å². The molecule has 1 N–H and O–H groups in total. The molecule has 0 radical (unpaired) electrons. The summed E-state index contributed by atoms with van der Waals surface area (Å²) in [6.07, 6.45) is 0.952. The molecule has 2 rings (SSSR count). The van der Waals surface area contributed by atoms with Gasteiger partial charge in [0.1, 0.15) is 10.4 Å². The molecule has 0 bridgehead atoms. The average Bonchev–Trinajstić information content (AvgIpc) is 2.76. The number of benzene rings is 1. The highest BCUT2D eigenvalue weighted by molar-refractivity contribution is 9.13. The monoisotopic (exact) mass is 575 g/mol. The first kappa shape index (κ1) is 23.7. The molecule has 1 aromatic carbocycles. The van der Waals surface area contributed by atoms with Gasteiger partial charge in [-0.25, -0.2) is 0 Å². The van der Waals surface area contributed by atoms with Gasteiger partial charge >= 0.3 is 0 Å². The van der Waals surface area contributed by atoms with Crippen molar-refractivity contribution in [1.82, 2.24) is 4.57 Å². The molecular weight excluding hydrogens is 550 g/mol. The van der Waals surface area contributed by atoms with E-state index in [2.05, 4.69) is 54.7 Å². The quantitative estimate of drug-likeness (QED) is 0.378. The first-order chi connectivity index (χ1) is 12.7. The van der Waals surface area contributed by atoms with Gasteiger partial charge < -0.3 is 9.67 Å². The zero-order chi connectivity index (χ0) is 21.6. The zero-order valence-corrected chi connectivity index (χ0v) is 22.3. The largest absolute Gasteiger partial charge is 0.507 e. The van der Waals surface area contributed by atoms with Crippen molar-refractivity contribution < 1.29 is 9.90 Å². The highest BCUT2D eigenvalue weighted by atomic mass is 79.9. The molecule has 3 nitrogen and oxygen atoms in total. The van der Waals surface area contributed by atoms with Crippen LogP contribution in [0.3, 0.4) is 0 Å². The number of hydrogen-bond acceptors (Lipinski definition) is 2. The maximum atomic E-state index is 13.6. The van der Waals surface area contributed by atoms with E-state index in [0.29, 0.717) is 11.1 Å². The van der Waals surface area contributed by atoms with E-state index in [4.69, 9.17) is 0 Å². The van der Waals surface area contributed by atoms with E-state index in [-0.39, 0.29) is 22.4 Å². The van der Waals surface area contributed by atoms with Crippen LogP contribution in [0.1, 0.15) is 81.9 Å². The summed E-state index contributed by atoms with van der Waals surface area (Å²) in [5, 5.41) is 10.9. The molecule has 0 aliphatic rings. The molecule has 1 heterocycles. The second-order valence-electron chi connectivity index (χ2n) is 9.17. The van der Waals surface area contributed by atoms with Crippen LogP contribution in [0.4, 0.5) is 0 Å². The van der Waals surface area contributed by atoms with Crippen LogP contribution in [-0.4, -0.2) is 15.5 Å². The summed E-state index contributed by atoms with van der Waals surface area (Å²) >= 11 is 10.8. The Morgan fingerprint density at radius 3 is 1.82 bits per heavy atom. The third-order valence-corrected chi connectivity index (χ3v) is 7.70. The molecule has 0 atom stereocenters. The minimum Gasteiger partial charge on any atom is -0.507 e. The number of carbonyl (C=O) groups excluding carboxylic acids is 1. The lowest BCUT2D eigenvalue weighted by Crippen LogP contribution is -2.19. The lowest BCUT2D eigenvalue weighted by atomic mass is 9.78. The number of ketones is 1. The Morgan fingerprint density at radius 2 is 1.43 bits per heavy atom. The van der Waals surface area contributed by atoms with E-state index < -0.39 is 0 Å². The Hall–Kier alpha value is -0.590. The molecule has 0 fully saturated rings. The second kappa shape index (κ2) is 8.27. The number of phenolic OH excluding ortho intramolecular Hbond substituents is 1. The second-order valence-corrected chi connectivity index (χ2v) is 11.5. The normalized spacial score (nSPS) is 12.5. The summed E-state index contributed by atoms with van der Waals surface area (Å²) in [5.41, 5.74) is 2.15. The fourth-order valence-corrected chi connectivity index (χ4v) is 5.57. The first-order valence-electron chi connectivity index (χ1n) is 9.37. The van der Waals surface area contributed by atoms with Crippen LogP contribution in [0.15, 0.2) is 25.8 Å². The molecule has 0 amide bonds. The fraction of sp³-hybridized carbons (Fsp3) is 0.500. The van der Waals surface area contributed by atoms with Gasteiger partial charge in [0.15, 0.2) is 5.78 Å². The lowest BCUT2D eigenvalue weighted by Gasteiger charge is -2.28. The topological polar surface area (TPSA) is 42.2 Å². The van der Waals surface area contributed by atoms with Crippen molar-refractivity contribution in [2.75, 3.05) is 0 Å². The van der Waals surface area contributed by atoms with Crippen molar-refractivity contribution >= 4 is 53.6 Å². The number of rotatable bonds is 4. The number of aromatic hydroxyl groups is 1. The average molecular weight is 578 g/mol. The van der Waals surface area contributed by atoms with Crippen molar-refractivity contribution in [3.8, 4) is 5.75 Å². The molecular formula is C22H28Br3NO2. The molecule has 28 heavy (non-hydrogen) atoms. The van der Waals surface area contributed by atoms with Crippen molar-refractivity contribution in [2.45, 2.75) is 72.3 Å². The Labute approximate surface area is 193 Å². The SMILES string of the molecule is CCCn1c(Br)c(Br)c(C(=O)c2cc(C(C)(C)C)c(O)c(C(C)(C)C)c2)c1Br. The number of aromatic nitrogens is 1. The summed E-state index contributed by atoms with van der Waals surface area (Å²) < 4.78 is 4.37. The van der Waals surface area contributed by atoms with E-state index >= 15 is 0 Å². The highest BCUT2D eigenvalue weighted by Crippen LogP contribution is 2.42. The van der Waals surface area contributed by atoms with Crippen LogP contribution < -0.4 is 0 Å². The smallest absolute Gasteiger partial charge is 0.196 e. The lowest BCUT2D eigenvalue weighted by molar-refractivity contribution is 0.103. The molecule has 0 aliphatic carbocycles. The van der Waals surface area contributed by atoms with Crippen molar-refractivity contribution in [3.05, 3.63) is 48.1 Å². The maximum Gasteiger partial charge on any atom is 0.196 e. The molecule has 0 saturated heterocycles. The van der Waals surface area contributed by atoms with Gasteiger partial charge in [-0.2, -0.15) is 0 Å². The summed E-state index contributed by atoms with van der Waals surface area (Å²) in [6.45, 7) is 15.2. The van der Waals surface area contributed by atoms with E-state index in [1.54, 1.807) is 0 Å². The van der Waals surface area contributed by atoms with Crippen LogP contribution >= 0.6 is 47.8 Å². The first-order valence-corrected chi connectivity index (χ1v) is 11.7. The highest BCUT2D eigenvalue weighted by Gasteiger charge is 2.30. The number of carbonyl (C=O) groups is 1. The molecule has 0 aliphatic heterocycles. The van der Waals surface area contributed by atoms with Gasteiger partial charge in [0.05, 0.1) is 14.6 Å². The van der Waals surface area contributed by atoms with Crippen LogP contribution in [0.25, 0.3) is 0 Å². The number of halogens is 3. The van der Waals surface area contributed by atoms with Crippen LogP contribution in [0, 0.1) is 0 Å². The van der Waals surface area contributed by atoms with Gasteiger partial charge in [-0.3, -0.25) is 4.79 Å². The molecule has 0 saturated carbocycles. The number of phenols is 1. The summed E-state index contributed by atoms with van der Waals surface area (Å²) in [7, 11) is 0. The van der Waals surface area contributed by atoms with Gasteiger partial charge in [0.2, 0.25) is 0 Å². The van der Waals surface area contributed by atoms with Crippen LogP contribution in [-0.2, 0) is 17.4 Å². The van der Waals surface area contributed by atoms with E-state index in [0.717, 1.165) is 37.8 Å². The molecule has 0 spiro atoms. The van der Waals surface area contributed by atoms with Crippen LogP contribution in [0.2, 0.25) is 0 Å². The van der Waals surface area contributed by atoms with Crippen molar-refractivity contribution in [2.24, 2.45) is 0 Å². The van der Waals surface area contributed by atoms with E-state index in [9.17, 15) is 9.90 Å². The van der Waals surface area contributed by atoms with Gasteiger partial charge in [0, 0.05) is 23.2 Å². The maximum absolute atomic E-state index is 13.6. The molecule has 6 heteroatoms. The fourth-order valence-electron chi connectivity index (χ4n) is 3.20. The van der Waals surface area contributed by atoms with E-state index in [1.165, 1.54) is 0 Å². The Morgan fingerprint density at radius 1 is 0.964 bits per heavy atom. The van der Waals surface area contributed by atoms with Crippen LogP contribution in [0.5, 0.6) is 5.75 Å². The number of hydrogen-bond donors (Lipinski definition) is 1.